The average Bonchev–Trinajstić information content (AvgIpc) is 2.95. The first-order valence-electron chi connectivity index (χ1n) is 13.4. The Bertz CT molecular complexity index is 1390. The van der Waals surface area contributed by atoms with Crippen molar-refractivity contribution in [1.82, 2.24) is 20.2 Å². The summed E-state index contributed by atoms with van der Waals surface area (Å²) in [4.78, 5) is 33.2. The minimum Gasteiger partial charge on any atom is -0.495 e. The number of hydrogen-bond donors (Lipinski definition) is 3. The van der Waals surface area contributed by atoms with Crippen molar-refractivity contribution < 1.29 is 32.3 Å². The maximum atomic E-state index is 13.9. The van der Waals surface area contributed by atoms with Crippen molar-refractivity contribution in [2.75, 3.05) is 50.4 Å². The number of amides is 1. The lowest BCUT2D eigenvalue weighted by molar-refractivity contribution is -0.139. The number of para-hydroxylation sites is 2. The first kappa shape index (κ1) is 31.3. The summed E-state index contributed by atoms with van der Waals surface area (Å²) in [5.41, 5.74) is -0.0197. The van der Waals surface area contributed by atoms with Crippen LogP contribution in [0.1, 0.15) is 35.7 Å². The molecule has 4 rings (SSSR count). The Morgan fingerprint density at radius 1 is 1.19 bits per heavy atom. The first-order valence-corrected chi connectivity index (χ1v) is 15.0. The average molecular weight is 607 g/mol. The van der Waals surface area contributed by atoms with Gasteiger partial charge in [0.1, 0.15) is 19.6 Å². The van der Waals surface area contributed by atoms with Gasteiger partial charge in [-0.15, -0.1) is 0 Å². The lowest BCUT2D eigenvalue weighted by atomic mass is 10.0. The van der Waals surface area contributed by atoms with Crippen molar-refractivity contribution in [3.63, 3.8) is 0 Å². The highest BCUT2D eigenvalue weighted by molar-refractivity contribution is 7.52. The molecule has 1 unspecified atom stereocenters. The van der Waals surface area contributed by atoms with E-state index in [0.717, 1.165) is 25.9 Å². The van der Waals surface area contributed by atoms with E-state index in [4.69, 9.17) is 9.47 Å². The molecule has 0 saturated carbocycles. The van der Waals surface area contributed by atoms with E-state index < -0.39 is 25.9 Å². The molecule has 10 nitrogen and oxygen atoms in total. The van der Waals surface area contributed by atoms with Crippen molar-refractivity contribution >= 4 is 31.5 Å². The van der Waals surface area contributed by atoms with Gasteiger partial charge in [0.2, 0.25) is 11.8 Å². The number of aromatic nitrogens is 2. The predicted molar refractivity (Wildman–Crippen MR) is 156 cm³/mol. The normalized spacial score (nSPS) is 15.1. The molecule has 14 heteroatoms. The highest BCUT2D eigenvalue weighted by atomic mass is 31.2. The number of piperidine rings is 1. The van der Waals surface area contributed by atoms with E-state index in [1.165, 1.54) is 13.2 Å². The van der Waals surface area contributed by atoms with Crippen molar-refractivity contribution in [2.24, 2.45) is 0 Å². The summed E-state index contributed by atoms with van der Waals surface area (Å²) in [6.45, 7) is 5.64. The Morgan fingerprint density at radius 2 is 1.90 bits per heavy atom. The topological polar surface area (TPSA) is 112 Å². The summed E-state index contributed by atoms with van der Waals surface area (Å²) in [6.07, 6.45) is -2.44. The fourth-order valence-corrected chi connectivity index (χ4v) is 5.45. The number of anilines is 3. The fourth-order valence-electron chi connectivity index (χ4n) is 4.57. The summed E-state index contributed by atoms with van der Waals surface area (Å²) < 4.78 is 54.5. The minimum absolute atomic E-state index is 0.0766. The maximum Gasteiger partial charge on any atom is 0.423 e. The zero-order chi connectivity index (χ0) is 30.4. The molecule has 2 aromatic carbocycles. The number of halogens is 3. The summed E-state index contributed by atoms with van der Waals surface area (Å²) in [5.74, 6) is -0.760. The molecule has 42 heavy (non-hydrogen) atoms. The molecular weight excluding hydrogens is 572 g/mol. The van der Waals surface area contributed by atoms with Crippen molar-refractivity contribution in [2.45, 2.75) is 32.0 Å². The van der Waals surface area contributed by atoms with Gasteiger partial charge in [-0.05, 0) is 76.9 Å². The summed E-state index contributed by atoms with van der Waals surface area (Å²) in [6, 6.07) is 11.2. The van der Waals surface area contributed by atoms with Crippen LogP contribution >= 0.6 is 8.30 Å². The van der Waals surface area contributed by atoms with Gasteiger partial charge in [0.25, 0.3) is 5.91 Å². The smallest absolute Gasteiger partial charge is 0.423 e. The third-order valence-electron chi connectivity index (χ3n) is 6.82. The summed E-state index contributed by atoms with van der Waals surface area (Å²) in [7, 11) is 1.88. The van der Waals surface area contributed by atoms with Crippen LogP contribution in [0.4, 0.5) is 30.5 Å². The lowest BCUT2D eigenvalue weighted by Crippen LogP contribution is -2.43. The highest BCUT2D eigenvalue weighted by Gasteiger charge is 2.37. The lowest BCUT2D eigenvalue weighted by Gasteiger charge is -2.29. The Balaban J connectivity index is 1.59. The van der Waals surface area contributed by atoms with Gasteiger partial charge in [-0.1, -0.05) is 12.1 Å². The number of rotatable bonds is 10. The number of nitrogens with one attached hydrogen (secondary N) is 2. The Kier molecular flexibility index (Phi) is 10.1. The molecule has 1 aliphatic rings. The van der Waals surface area contributed by atoms with Crippen LogP contribution < -0.4 is 24.8 Å². The van der Waals surface area contributed by atoms with E-state index >= 15 is 0 Å². The molecule has 1 fully saturated rings. The summed E-state index contributed by atoms with van der Waals surface area (Å²) >= 11 is 0. The molecule has 3 aromatic rings. The number of nitrogens with zero attached hydrogens (tertiary/aromatic N) is 4. The summed E-state index contributed by atoms with van der Waals surface area (Å²) in [5, 5.41) is 5.91. The number of ether oxygens (including phenoxy) is 2. The van der Waals surface area contributed by atoms with Crippen LogP contribution in [0.5, 0.6) is 17.4 Å². The van der Waals surface area contributed by atoms with E-state index in [1.54, 1.807) is 47.7 Å². The maximum absolute atomic E-state index is 13.9. The molecule has 1 amide bonds. The first-order chi connectivity index (χ1) is 20.0. The van der Waals surface area contributed by atoms with Gasteiger partial charge in [0.15, 0.2) is 5.75 Å². The van der Waals surface area contributed by atoms with Gasteiger partial charge in [-0.3, -0.25) is 4.79 Å². The van der Waals surface area contributed by atoms with E-state index in [9.17, 15) is 22.9 Å². The molecule has 226 valence electrons. The van der Waals surface area contributed by atoms with Crippen LogP contribution in [0.2, 0.25) is 0 Å². The highest BCUT2D eigenvalue weighted by Crippen LogP contribution is 2.44. The zero-order valence-electron chi connectivity index (χ0n) is 23.8. The second-order valence-corrected chi connectivity index (χ2v) is 11.2. The minimum atomic E-state index is -4.79. The Morgan fingerprint density at radius 3 is 2.55 bits per heavy atom. The SMILES string of the molecule is CCN(c1ccccc1Oc1nc(Nc2ccc(C(=O)NC3CCN(C)CC3)cc2OC)ncc1C(F)(F)F)P(C)O. The molecule has 0 radical (unpaired) electrons. The predicted octanol–water partition coefficient (Wildman–Crippen LogP) is 5.62. The fraction of sp³-hybridized carbons (Fsp3) is 0.393. The van der Waals surface area contributed by atoms with E-state index in [-0.39, 0.29) is 29.4 Å². The van der Waals surface area contributed by atoms with Gasteiger partial charge >= 0.3 is 6.18 Å². The number of benzene rings is 2. The molecule has 3 N–H and O–H groups in total. The number of methoxy groups -OCH3 is 1. The zero-order valence-corrected chi connectivity index (χ0v) is 24.7. The van der Waals surface area contributed by atoms with Gasteiger partial charge in [0, 0.05) is 24.3 Å². The van der Waals surface area contributed by atoms with Crippen molar-refractivity contribution in [3.8, 4) is 17.4 Å². The second kappa shape index (κ2) is 13.5. The van der Waals surface area contributed by atoms with Gasteiger partial charge < -0.3 is 34.6 Å². The Hall–Kier alpha value is -3.67. The molecule has 1 aromatic heterocycles. The van der Waals surface area contributed by atoms with Gasteiger partial charge in [-0.25, -0.2) is 4.98 Å². The standard InChI is InChI=1S/C28H34F3N6O4P/c1-5-37(42(4)39)22-8-6-7-9-23(22)41-26-20(28(29,30)31)17-32-27(35-26)34-21-11-10-18(16-24(21)40-3)25(38)33-19-12-14-36(2)15-13-19/h6-11,16-17,19,39H,5,12-15H2,1-4H3,(H,33,38)(H,32,34,35). The number of carbonyl (C=O) groups is 1. The largest absolute Gasteiger partial charge is 0.495 e. The monoisotopic (exact) mass is 606 g/mol. The van der Waals surface area contributed by atoms with Gasteiger partial charge in [0.05, 0.1) is 18.5 Å². The van der Waals surface area contributed by atoms with Crippen LogP contribution in [0.25, 0.3) is 0 Å². The third-order valence-corrected chi connectivity index (χ3v) is 8.02. The van der Waals surface area contributed by atoms with E-state index in [1.807, 2.05) is 14.0 Å². The van der Waals surface area contributed by atoms with Crippen molar-refractivity contribution in [1.29, 1.82) is 0 Å². The van der Waals surface area contributed by atoms with Crippen LogP contribution in [0, 0.1) is 0 Å². The number of alkyl halides is 3. The molecule has 1 aliphatic heterocycles. The van der Waals surface area contributed by atoms with Crippen LogP contribution in [0.3, 0.4) is 0 Å². The number of hydrogen-bond acceptors (Lipinski definition) is 9. The van der Waals surface area contributed by atoms with Crippen LogP contribution in [0.15, 0.2) is 48.7 Å². The van der Waals surface area contributed by atoms with E-state index in [2.05, 4.69) is 25.5 Å². The van der Waals surface area contributed by atoms with Gasteiger partial charge in [-0.2, -0.15) is 18.2 Å². The quantitative estimate of drug-likeness (QED) is 0.253. The molecule has 0 spiro atoms. The molecule has 1 atom stereocenters. The molecule has 0 aliphatic carbocycles. The van der Waals surface area contributed by atoms with E-state index in [0.29, 0.717) is 29.7 Å². The third kappa shape index (κ3) is 7.58. The number of likely N-dealkylation sites (tertiary alicyclic amines) is 1. The van der Waals surface area contributed by atoms with Crippen LogP contribution in [-0.2, 0) is 6.18 Å². The molecule has 2 heterocycles. The molecule has 0 bridgehead atoms. The second-order valence-electron chi connectivity index (χ2n) is 9.78. The van der Waals surface area contributed by atoms with Crippen LogP contribution in [-0.4, -0.2) is 72.2 Å². The Labute approximate surface area is 243 Å². The molecular formula is C28H34F3N6O4P. The molecule has 1 saturated heterocycles. The number of carbonyl (C=O) groups excluding carboxylic acids is 1. The van der Waals surface area contributed by atoms with Crippen molar-refractivity contribution in [3.05, 3.63) is 59.8 Å².